The molecule has 0 spiro atoms. The summed E-state index contributed by atoms with van der Waals surface area (Å²) in [5.74, 6) is -0.189. The molecule has 0 saturated carbocycles. The van der Waals surface area contributed by atoms with E-state index in [-0.39, 0.29) is 5.91 Å². The van der Waals surface area contributed by atoms with Gasteiger partial charge < -0.3 is 5.32 Å². The van der Waals surface area contributed by atoms with Crippen molar-refractivity contribution in [2.75, 3.05) is 6.54 Å². The molecular weight excluding hydrogens is 245 g/mol. The van der Waals surface area contributed by atoms with Gasteiger partial charge in [-0.2, -0.15) is 0 Å². The highest BCUT2D eigenvalue weighted by molar-refractivity contribution is 6.35. The molecule has 0 aliphatic rings. The lowest BCUT2D eigenvalue weighted by molar-refractivity contribution is -0.116. The van der Waals surface area contributed by atoms with Crippen LogP contribution in [0.25, 0.3) is 6.08 Å². The SMILES string of the molecule is C=CCNC(=O)/C=C/c1ccc(Cl)cc1Cl. The predicted octanol–water partition coefficient (Wildman–Crippen LogP) is 3.31. The van der Waals surface area contributed by atoms with Crippen molar-refractivity contribution < 1.29 is 4.79 Å². The maximum atomic E-state index is 11.2. The summed E-state index contributed by atoms with van der Waals surface area (Å²) in [4.78, 5) is 11.2. The van der Waals surface area contributed by atoms with Crippen LogP contribution in [0.4, 0.5) is 0 Å². The highest BCUT2D eigenvalue weighted by Crippen LogP contribution is 2.21. The summed E-state index contributed by atoms with van der Waals surface area (Å²) >= 11 is 11.7. The molecule has 0 unspecified atom stereocenters. The van der Waals surface area contributed by atoms with Crippen LogP contribution in [0, 0.1) is 0 Å². The molecule has 1 rings (SSSR count). The van der Waals surface area contributed by atoms with E-state index in [1.807, 2.05) is 0 Å². The minimum Gasteiger partial charge on any atom is -0.349 e. The van der Waals surface area contributed by atoms with E-state index in [1.165, 1.54) is 6.08 Å². The Hall–Kier alpha value is -1.25. The fourth-order valence-electron chi connectivity index (χ4n) is 1.03. The van der Waals surface area contributed by atoms with Gasteiger partial charge in [0.05, 0.1) is 0 Å². The van der Waals surface area contributed by atoms with Crippen LogP contribution in [0.5, 0.6) is 0 Å². The van der Waals surface area contributed by atoms with E-state index in [1.54, 1.807) is 30.4 Å². The smallest absolute Gasteiger partial charge is 0.244 e. The molecule has 0 aromatic heterocycles. The minimum absolute atomic E-state index is 0.189. The summed E-state index contributed by atoms with van der Waals surface area (Å²) in [6.45, 7) is 3.94. The Morgan fingerprint density at radius 3 is 2.81 bits per heavy atom. The molecule has 16 heavy (non-hydrogen) atoms. The zero-order chi connectivity index (χ0) is 12.0. The van der Waals surface area contributed by atoms with Gasteiger partial charge in [-0.3, -0.25) is 4.79 Å². The summed E-state index contributed by atoms with van der Waals surface area (Å²) in [7, 11) is 0. The van der Waals surface area contributed by atoms with Crippen molar-refractivity contribution in [3.63, 3.8) is 0 Å². The lowest BCUT2D eigenvalue weighted by atomic mass is 10.2. The van der Waals surface area contributed by atoms with Gasteiger partial charge in [0.2, 0.25) is 5.91 Å². The summed E-state index contributed by atoms with van der Waals surface area (Å²) in [6, 6.07) is 5.10. The number of benzene rings is 1. The van der Waals surface area contributed by atoms with E-state index >= 15 is 0 Å². The largest absolute Gasteiger partial charge is 0.349 e. The first-order valence-electron chi connectivity index (χ1n) is 4.65. The number of hydrogen-bond acceptors (Lipinski definition) is 1. The van der Waals surface area contributed by atoms with Crippen molar-refractivity contribution in [3.8, 4) is 0 Å². The Bertz CT molecular complexity index is 427. The number of rotatable bonds is 4. The van der Waals surface area contributed by atoms with Gasteiger partial charge in [0, 0.05) is 22.7 Å². The van der Waals surface area contributed by atoms with Crippen LogP contribution in [0.3, 0.4) is 0 Å². The summed E-state index contributed by atoms with van der Waals surface area (Å²) < 4.78 is 0. The Balaban J connectivity index is 2.68. The van der Waals surface area contributed by atoms with Gasteiger partial charge in [0.25, 0.3) is 0 Å². The maximum Gasteiger partial charge on any atom is 0.244 e. The molecule has 2 nitrogen and oxygen atoms in total. The first-order valence-corrected chi connectivity index (χ1v) is 5.41. The molecular formula is C12H11Cl2NO. The van der Waals surface area contributed by atoms with Gasteiger partial charge >= 0.3 is 0 Å². The van der Waals surface area contributed by atoms with E-state index < -0.39 is 0 Å². The minimum atomic E-state index is -0.189. The number of carbonyl (C=O) groups is 1. The summed E-state index contributed by atoms with van der Waals surface area (Å²) in [6.07, 6.45) is 4.66. The molecule has 1 aromatic rings. The maximum absolute atomic E-state index is 11.2. The molecule has 84 valence electrons. The van der Waals surface area contributed by atoms with Gasteiger partial charge in [-0.15, -0.1) is 6.58 Å². The molecule has 0 saturated heterocycles. The molecule has 0 heterocycles. The van der Waals surface area contributed by atoms with Gasteiger partial charge in [-0.05, 0) is 23.8 Å². The van der Waals surface area contributed by atoms with Crippen LogP contribution in [-0.2, 0) is 4.79 Å². The van der Waals surface area contributed by atoms with E-state index in [9.17, 15) is 4.79 Å². The quantitative estimate of drug-likeness (QED) is 0.649. The monoisotopic (exact) mass is 255 g/mol. The average Bonchev–Trinajstić information content (AvgIpc) is 2.25. The van der Waals surface area contributed by atoms with Crippen LogP contribution in [0.2, 0.25) is 10.0 Å². The Kier molecular flexibility index (Phi) is 5.09. The van der Waals surface area contributed by atoms with Crippen LogP contribution in [0.1, 0.15) is 5.56 Å². The molecule has 1 amide bonds. The van der Waals surface area contributed by atoms with Gasteiger partial charge in [0.15, 0.2) is 0 Å². The molecule has 0 radical (unpaired) electrons. The lowest BCUT2D eigenvalue weighted by Crippen LogP contribution is -2.20. The van der Waals surface area contributed by atoms with Crippen LogP contribution in [0.15, 0.2) is 36.9 Å². The lowest BCUT2D eigenvalue weighted by Gasteiger charge is -1.99. The van der Waals surface area contributed by atoms with E-state index in [0.29, 0.717) is 16.6 Å². The van der Waals surface area contributed by atoms with Crippen LogP contribution < -0.4 is 5.32 Å². The van der Waals surface area contributed by atoms with Crippen LogP contribution >= 0.6 is 23.2 Å². The molecule has 0 bridgehead atoms. The Labute approximate surface area is 105 Å². The Morgan fingerprint density at radius 1 is 1.44 bits per heavy atom. The second-order valence-corrected chi connectivity index (χ2v) is 3.88. The van der Waals surface area contributed by atoms with Crippen molar-refractivity contribution in [2.24, 2.45) is 0 Å². The standard InChI is InChI=1S/C12H11Cl2NO/c1-2-7-15-12(16)6-4-9-3-5-10(13)8-11(9)14/h2-6,8H,1,7H2,(H,15,16)/b6-4+. The third-order valence-electron chi connectivity index (χ3n) is 1.80. The van der Waals surface area contributed by atoms with Crippen molar-refractivity contribution in [3.05, 3.63) is 52.5 Å². The van der Waals surface area contributed by atoms with Crippen molar-refractivity contribution in [2.45, 2.75) is 0 Å². The first kappa shape index (κ1) is 12.8. The zero-order valence-electron chi connectivity index (χ0n) is 8.54. The third-order valence-corrected chi connectivity index (χ3v) is 2.36. The topological polar surface area (TPSA) is 29.1 Å². The number of carbonyl (C=O) groups excluding carboxylic acids is 1. The molecule has 0 aliphatic heterocycles. The Morgan fingerprint density at radius 2 is 2.19 bits per heavy atom. The average molecular weight is 256 g/mol. The van der Waals surface area contributed by atoms with Crippen molar-refractivity contribution in [1.82, 2.24) is 5.32 Å². The summed E-state index contributed by atoms with van der Waals surface area (Å²) in [5.41, 5.74) is 0.750. The van der Waals surface area contributed by atoms with E-state index in [2.05, 4.69) is 11.9 Å². The molecule has 0 fully saturated rings. The molecule has 1 N–H and O–H groups in total. The highest BCUT2D eigenvalue weighted by atomic mass is 35.5. The van der Waals surface area contributed by atoms with Gasteiger partial charge in [-0.25, -0.2) is 0 Å². The number of halogens is 2. The second-order valence-electron chi connectivity index (χ2n) is 3.03. The summed E-state index contributed by atoms with van der Waals surface area (Å²) in [5, 5.41) is 3.70. The molecule has 0 atom stereocenters. The number of hydrogen-bond donors (Lipinski definition) is 1. The molecule has 1 aromatic carbocycles. The fraction of sp³-hybridized carbons (Fsp3) is 0.0833. The molecule has 0 aliphatic carbocycles. The first-order chi connectivity index (χ1) is 7.63. The number of nitrogens with one attached hydrogen (secondary N) is 1. The van der Waals surface area contributed by atoms with Crippen LogP contribution in [-0.4, -0.2) is 12.5 Å². The second kappa shape index (κ2) is 6.36. The fourth-order valence-corrected chi connectivity index (χ4v) is 1.51. The highest BCUT2D eigenvalue weighted by Gasteiger charge is 1.98. The van der Waals surface area contributed by atoms with Gasteiger partial charge in [0.1, 0.15) is 0 Å². The number of amides is 1. The molecule has 4 heteroatoms. The zero-order valence-corrected chi connectivity index (χ0v) is 10.1. The third kappa shape index (κ3) is 4.09. The van der Waals surface area contributed by atoms with Crippen molar-refractivity contribution in [1.29, 1.82) is 0 Å². The van der Waals surface area contributed by atoms with Crippen molar-refractivity contribution >= 4 is 35.2 Å². The normalized spacial score (nSPS) is 10.4. The predicted molar refractivity (Wildman–Crippen MR) is 68.7 cm³/mol. The van der Waals surface area contributed by atoms with E-state index in [4.69, 9.17) is 23.2 Å². The van der Waals surface area contributed by atoms with E-state index in [0.717, 1.165) is 5.56 Å². The van der Waals surface area contributed by atoms with Gasteiger partial charge in [-0.1, -0.05) is 35.3 Å².